The molecule has 1 aromatic carbocycles. The number of nitrogens with zero attached hydrogens (tertiary/aromatic N) is 2. The SMILES string of the molecule is Cc1cc(O)ccc1NC(=O)c1c(C)nc2c(Cl)cc(Cl)cn12. The molecule has 5 nitrogen and oxygen atoms in total. The predicted octanol–water partition coefficient (Wildman–Crippen LogP) is 4.22. The quantitative estimate of drug-likeness (QED) is 0.680. The third kappa shape index (κ3) is 2.85. The van der Waals surface area contributed by atoms with Gasteiger partial charge in [0.2, 0.25) is 0 Å². The largest absolute Gasteiger partial charge is 0.508 e. The third-order valence-corrected chi connectivity index (χ3v) is 3.97. The van der Waals surface area contributed by atoms with Crippen LogP contribution < -0.4 is 5.32 Å². The molecule has 118 valence electrons. The number of phenolic OH excluding ortho intramolecular Hbond substituents is 1. The van der Waals surface area contributed by atoms with Crippen molar-refractivity contribution in [1.29, 1.82) is 0 Å². The number of amides is 1. The van der Waals surface area contributed by atoms with E-state index in [-0.39, 0.29) is 11.7 Å². The van der Waals surface area contributed by atoms with Gasteiger partial charge in [-0.05, 0) is 43.7 Å². The van der Waals surface area contributed by atoms with Gasteiger partial charge >= 0.3 is 0 Å². The van der Waals surface area contributed by atoms with Gasteiger partial charge in [-0.1, -0.05) is 23.2 Å². The number of nitrogens with one attached hydrogen (secondary N) is 1. The molecule has 0 aliphatic heterocycles. The number of carbonyl (C=O) groups excluding carboxylic acids is 1. The fourth-order valence-electron chi connectivity index (χ4n) is 2.43. The minimum absolute atomic E-state index is 0.144. The zero-order valence-electron chi connectivity index (χ0n) is 12.4. The summed E-state index contributed by atoms with van der Waals surface area (Å²) in [4.78, 5) is 17.0. The summed E-state index contributed by atoms with van der Waals surface area (Å²) in [6.07, 6.45) is 1.60. The molecule has 0 bridgehead atoms. The van der Waals surface area contributed by atoms with Crippen LogP contribution in [0.5, 0.6) is 5.75 Å². The predicted molar refractivity (Wildman–Crippen MR) is 90.7 cm³/mol. The molecule has 7 heteroatoms. The minimum Gasteiger partial charge on any atom is -0.508 e. The molecular formula is C16H13Cl2N3O2. The molecule has 23 heavy (non-hydrogen) atoms. The first-order valence-electron chi connectivity index (χ1n) is 6.81. The van der Waals surface area contributed by atoms with Gasteiger partial charge in [-0.3, -0.25) is 9.20 Å². The highest BCUT2D eigenvalue weighted by Crippen LogP contribution is 2.26. The molecule has 1 amide bonds. The van der Waals surface area contributed by atoms with Crippen LogP contribution in [0, 0.1) is 13.8 Å². The summed E-state index contributed by atoms with van der Waals surface area (Å²) in [5, 5.41) is 13.0. The lowest BCUT2D eigenvalue weighted by Crippen LogP contribution is -2.16. The molecule has 2 heterocycles. The van der Waals surface area contributed by atoms with Crippen molar-refractivity contribution < 1.29 is 9.90 Å². The second-order valence-corrected chi connectivity index (χ2v) is 6.04. The Morgan fingerprint density at radius 2 is 2.00 bits per heavy atom. The van der Waals surface area contributed by atoms with Crippen LogP contribution in [0.3, 0.4) is 0 Å². The van der Waals surface area contributed by atoms with Crippen LogP contribution in [0.15, 0.2) is 30.5 Å². The summed E-state index contributed by atoms with van der Waals surface area (Å²) in [6.45, 7) is 3.53. The lowest BCUT2D eigenvalue weighted by molar-refractivity contribution is 0.102. The van der Waals surface area contributed by atoms with Crippen molar-refractivity contribution >= 4 is 40.4 Å². The summed E-state index contributed by atoms with van der Waals surface area (Å²) in [5.41, 5.74) is 2.73. The lowest BCUT2D eigenvalue weighted by atomic mass is 10.2. The van der Waals surface area contributed by atoms with Gasteiger partial charge in [0, 0.05) is 11.9 Å². The summed E-state index contributed by atoms with van der Waals surface area (Å²) in [6, 6.07) is 6.31. The fourth-order valence-corrected chi connectivity index (χ4v) is 2.94. The van der Waals surface area contributed by atoms with E-state index in [2.05, 4.69) is 10.3 Å². The zero-order chi connectivity index (χ0) is 16.7. The fraction of sp³-hybridized carbons (Fsp3) is 0.125. The molecule has 0 atom stereocenters. The molecule has 0 saturated heterocycles. The Morgan fingerprint density at radius 1 is 1.26 bits per heavy atom. The maximum absolute atomic E-state index is 12.6. The Morgan fingerprint density at radius 3 is 2.70 bits per heavy atom. The van der Waals surface area contributed by atoms with Crippen molar-refractivity contribution in [3.63, 3.8) is 0 Å². The van der Waals surface area contributed by atoms with Gasteiger partial charge < -0.3 is 10.4 Å². The monoisotopic (exact) mass is 349 g/mol. The van der Waals surface area contributed by atoms with Gasteiger partial charge in [-0.25, -0.2) is 4.98 Å². The Bertz CT molecular complexity index is 935. The number of benzene rings is 1. The van der Waals surface area contributed by atoms with Crippen molar-refractivity contribution in [2.45, 2.75) is 13.8 Å². The maximum atomic E-state index is 12.6. The van der Waals surface area contributed by atoms with Crippen molar-refractivity contribution in [3.05, 3.63) is 57.5 Å². The topological polar surface area (TPSA) is 66.6 Å². The van der Waals surface area contributed by atoms with E-state index in [4.69, 9.17) is 23.2 Å². The highest BCUT2D eigenvalue weighted by Gasteiger charge is 2.19. The first-order chi connectivity index (χ1) is 10.9. The smallest absolute Gasteiger partial charge is 0.274 e. The maximum Gasteiger partial charge on any atom is 0.274 e. The molecule has 2 N–H and O–H groups in total. The molecule has 3 aromatic rings. The number of aryl methyl sites for hydroxylation is 2. The number of aromatic nitrogens is 2. The number of fused-ring (bicyclic) bond motifs is 1. The Balaban J connectivity index is 2.06. The van der Waals surface area contributed by atoms with Crippen LogP contribution in [-0.2, 0) is 0 Å². The summed E-state index contributed by atoms with van der Waals surface area (Å²) >= 11 is 12.1. The number of rotatable bonds is 2. The van der Waals surface area contributed by atoms with E-state index in [1.807, 2.05) is 0 Å². The van der Waals surface area contributed by atoms with Crippen molar-refractivity contribution in [2.75, 3.05) is 5.32 Å². The van der Waals surface area contributed by atoms with Gasteiger partial charge in [0.05, 0.1) is 15.7 Å². The number of hydrogen-bond acceptors (Lipinski definition) is 3. The first-order valence-corrected chi connectivity index (χ1v) is 7.57. The van der Waals surface area contributed by atoms with Crippen LogP contribution in [0.25, 0.3) is 5.65 Å². The molecule has 0 radical (unpaired) electrons. The highest BCUT2D eigenvalue weighted by molar-refractivity contribution is 6.36. The van der Waals surface area contributed by atoms with Crippen LogP contribution in [0.2, 0.25) is 10.0 Å². The van der Waals surface area contributed by atoms with Gasteiger partial charge in [-0.2, -0.15) is 0 Å². The molecule has 0 saturated carbocycles. The van der Waals surface area contributed by atoms with E-state index in [9.17, 15) is 9.90 Å². The van der Waals surface area contributed by atoms with Crippen LogP contribution >= 0.6 is 23.2 Å². The number of carbonyl (C=O) groups is 1. The normalized spacial score (nSPS) is 11.0. The van der Waals surface area contributed by atoms with Gasteiger partial charge in [0.15, 0.2) is 5.65 Å². The van der Waals surface area contributed by atoms with E-state index < -0.39 is 0 Å². The number of pyridine rings is 1. The number of hydrogen-bond donors (Lipinski definition) is 2. The third-order valence-electron chi connectivity index (χ3n) is 3.49. The number of imidazole rings is 1. The van der Waals surface area contributed by atoms with E-state index in [0.717, 1.165) is 5.56 Å². The highest BCUT2D eigenvalue weighted by atomic mass is 35.5. The van der Waals surface area contributed by atoms with E-state index >= 15 is 0 Å². The van der Waals surface area contributed by atoms with Crippen molar-refractivity contribution in [2.24, 2.45) is 0 Å². The first kappa shape index (κ1) is 15.6. The molecule has 0 unspecified atom stereocenters. The standard InChI is InChI=1S/C16H13Cl2N3O2/c1-8-5-11(22)3-4-13(8)20-16(23)14-9(2)19-15-12(18)6-10(17)7-21(14)15/h3-7,22H,1-2H3,(H,20,23). The average molecular weight is 350 g/mol. The summed E-state index contributed by atoms with van der Waals surface area (Å²) < 4.78 is 1.57. The van der Waals surface area contributed by atoms with Crippen LogP contribution in [0.4, 0.5) is 5.69 Å². The van der Waals surface area contributed by atoms with Crippen molar-refractivity contribution in [1.82, 2.24) is 9.38 Å². The van der Waals surface area contributed by atoms with E-state index in [1.165, 1.54) is 6.07 Å². The number of anilines is 1. The average Bonchev–Trinajstić information content (AvgIpc) is 2.78. The number of phenols is 1. The molecule has 2 aromatic heterocycles. The number of halogens is 2. The Labute approximate surface area is 142 Å². The van der Waals surface area contributed by atoms with Crippen molar-refractivity contribution in [3.8, 4) is 5.75 Å². The summed E-state index contributed by atoms with van der Waals surface area (Å²) in [7, 11) is 0. The molecule has 3 rings (SSSR count). The second-order valence-electron chi connectivity index (χ2n) is 5.20. The molecule has 0 aliphatic carbocycles. The minimum atomic E-state index is -0.331. The lowest BCUT2D eigenvalue weighted by Gasteiger charge is -2.09. The second kappa shape index (κ2) is 5.76. The molecule has 0 aliphatic rings. The molecule has 0 spiro atoms. The van der Waals surface area contributed by atoms with Crippen LogP contribution in [0.1, 0.15) is 21.7 Å². The molecular weight excluding hydrogens is 337 g/mol. The Kier molecular flexibility index (Phi) is 3.92. The summed E-state index contributed by atoms with van der Waals surface area (Å²) in [5.74, 6) is -0.188. The zero-order valence-corrected chi connectivity index (χ0v) is 13.9. The van der Waals surface area contributed by atoms with Gasteiger partial charge in [-0.15, -0.1) is 0 Å². The van der Waals surface area contributed by atoms with E-state index in [0.29, 0.717) is 32.8 Å². The Hall–Kier alpha value is -2.24. The van der Waals surface area contributed by atoms with E-state index in [1.54, 1.807) is 42.6 Å². The van der Waals surface area contributed by atoms with Gasteiger partial charge in [0.1, 0.15) is 11.4 Å². The van der Waals surface area contributed by atoms with Gasteiger partial charge in [0.25, 0.3) is 5.91 Å². The molecule has 0 fully saturated rings. The van der Waals surface area contributed by atoms with Crippen LogP contribution in [-0.4, -0.2) is 20.4 Å². The number of aromatic hydroxyl groups is 1.